The molecular formula is C57H49N7O13. The highest BCUT2D eigenvalue weighted by Crippen LogP contribution is 2.66. The van der Waals surface area contributed by atoms with Crippen LogP contribution in [0.1, 0.15) is 58.0 Å². The summed E-state index contributed by atoms with van der Waals surface area (Å²) in [5.41, 5.74) is -0.0641. The van der Waals surface area contributed by atoms with E-state index in [1.54, 1.807) is 41.6 Å². The topological polar surface area (TPSA) is 241 Å². The second kappa shape index (κ2) is 21.4. The molecule has 1 spiro atoms. The van der Waals surface area contributed by atoms with Crippen molar-refractivity contribution in [3.63, 3.8) is 0 Å². The molecule has 77 heavy (non-hydrogen) atoms. The van der Waals surface area contributed by atoms with E-state index in [4.69, 9.17) is 18.9 Å². The van der Waals surface area contributed by atoms with Crippen LogP contribution in [0.2, 0.25) is 0 Å². The Balaban J connectivity index is 1.20. The summed E-state index contributed by atoms with van der Waals surface area (Å²) >= 11 is 0. The Bertz CT molecular complexity index is 3300. The summed E-state index contributed by atoms with van der Waals surface area (Å²) in [6, 6.07) is 32.2. The number of methoxy groups -OCH3 is 2. The zero-order valence-electron chi connectivity index (χ0n) is 41.5. The number of aromatic hydroxyl groups is 1. The Kier molecular flexibility index (Phi) is 14.2. The highest BCUT2D eigenvalue weighted by molar-refractivity contribution is 6.23. The first-order chi connectivity index (χ1) is 37.3. The van der Waals surface area contributed by atoms with Gasteiger partial charge in [-0.05, 0) is 76.3 Å². The molecule has 5 heterocycles. The number of phenolic OH excluding ortho intramolecular Hbond substituents is 1. The standard InChI is InChI=1S/C57H49N7O13/c1-74-51(67)42(52(68)75-2)16-9-11-35-19-26-44-43(33-35)57(54(70)62(44)56(71)76-34-36-17-22-40(23-18-36)64(72)73)45(50(66)60-29-31-61(32-30-60)55-58-27-10-28-59-55)47-53(69)77-48(38-14-7-4-8-15-38)46(37-12-5-3-6-13-37)63(47)49(57)39-20-24-41(65)25-21-39/h3-8,10,12-15,17-28,33,42,45-49,65H,16,29-32,34H2,1-2H3. The van der Waals surface area contributed by atoms with E-state index >= 15 is 14.4 Å². The van der Waals surface area contributed by atoms with Crippen molar-refractivity contribution in [1.82, 2.24) is 19.8 Å². The van der Waals surface area contributed by atoms with E-state index in [1.165, 1.54) is 48.5 Å². The van der Waals surface area contributed by atoms with E-state index in [2.05, 4.69) is 21.8 Å². The molecule has 3 amide bonds. The first-order valence-electron chi connectivity index (χ1n) is 24.6. The van der Waals surface area contributed by atoms with Crippen molar-refractivity contribution < 1.29 is 57.7 Å². The minimum absolute atomic E-state index is 0.00652. The van der Waals surface area contributed by atoms with Gasteiger partial charge in [-0.3, -0.25) is 39.0 Å². The number of nitro benzene ring substituents is 1. The number of hydrogen-bond donors (Lipinski definition) is 1. The summed E-state index contributed by atoms with van der Waals surface area (Å²) in [5, 5.41) is 22.3. The zero-order valence-corrected chi connectivity index (χ0v) is 41.5. The predicted molar refractivity (Wildman–Crippen MR) is 273 cm³/mol. The molecule has 6 unspecified atom stereocenters. The number of benzene rings is 5. The summed E-state index contributed by atoms with van der Waals surface area (Å²) in [5.74, 6) is -0.951. The molecule has 3 fully saturated rings. The van der Waals surface area contributed by atoms with Crippen LogP contribution < -0.4 is 9.80 Å². The number of rotatable bonds is 11. The number of hydrogen-bond acceptors (Lipinski definition) is 17. The van der Waals surface area contributed by atoms with Crippen LogP contribution in [0.25, 0.3) is 0 Å². The molecule has 0 aliphatic carbocycles. The van der Waals surface area contributed by atoms with E-state index in [1.807, 2.05) is 70.5 Å². The lowest BCUT2D eigenvalue weighted by Gasteiger charge is -2.46. The zero-order chi connectivity index (χ0) is 54.0. The second-order valence-electron chi connectivity index (χ2n) is 18.7. The largest absolute Gasteiger partial charge is 0.508 e. The van der Waals surface area contributed by atoms with Gasteiger partial charge < -0.3 is 33.9 Å². The highest BCUT2D eigenvalue weighted by Gasteiger charge is 2.76. The molecule has 1 aromatic heterocycles. The molecule has 390 valence electrons. The Morgan fingerprint density at radius 3 is 2.05 bits per heavy atom. The molecule has 20 heteroatoms. The molecule has 3 saturated heterocycles. The number of morpholine rings is 1. The minimum atomic E-state index is -2.23. The molecular weight excluding hydrogens is 991 g/mol. The number of imide groups is 1. The molecule has 1 N–H and O–H groups in total. The number of aromatic nitrogens is 2. The van der Waals surface area contributed by atoms with Crippen molar-refractivity contribution in [1.29, 1.82) is 0 Å². The molecule has 5 aromatic carbocycles. The van der Waals surface area contributed by atoms with E-state index in [-0.39, 0.29) is 60.9 Å². The summed E-state index contributed by atoms with van der Waals surface area (Å²) in [6.07, 6.45) is 0.713. The van der Waals surface area contributed by atoms with E-state index in [9.17, 15) is 29.6 Å². The van der Waals surface area contributed by atoms with Gasteiger partial charge in [0.15, 0.2) is 5.92 Å². The maximum atomic E-state index is 16.7. The van der Waals surface area contributed by atoms with Crippen molar-refractivity contribution in [3.05, 3.63) is 189 Å². The number of ether oxygens (including phenoxy) is 4. The van der Waals surface area contributed by atoms with Crippen molar-refractivity contribution >= 4 is 53.1 Å². The molecule has 0 radical (unpaired) electrons. The van der Waals surface area contributed by atoms with Gasteiger partial charge in [0.25, 0.3) is 5.69 Å². The number of cyclic esters (lactones) is 1. The molecule has 10 rings (SSSR count). The van der Waals surface area contributed by atoms with Crippen LogP contribution >= 0.6 is 0 Å². The second-order valence-corrected chi connectivity index (χ2v) is 18.7. The number of amides is 3. The molecule has 20 nitrogen and oxygen atoms in total. The van der Waals surface area contributed by atoms with Gasteiger partial charge in [0.1, 0.15) is 29.9 Å². The van der Waals surface area contributed by atoms with E-state index in [0.717, 1.165) is 19.1 Å². The number of carbonyl (C=O) groups excluding carboxylic acids is 6. The molecule has 0 saturated carbocycles. The van der Waals surface area contributed by atoms with Gasteiger partial charge in [-0.15, -0.1) is 0 Å². The Labute approximate surface area is 440 Å². The first kappa shape index (κ1) is 51.0. The van der Waals surface area contributed by atoms with Crippen molar-refractivity contribution in [3.8, 4) is 17.6 Å². The van der Waals surface area contributed by atoms with E-state index < -0.39 is 88.8 Å². The van der Waals surface area contributed by atoms with Crippen LogP contribution in [0.15, 0.2) is 146 Å². The number of esters is 3. The van der Waals surface area contributed by atoms with Crippen molar-refractivity contribution in [2.45, 2.75) is 42.7 Å². The van der Waals surface area contributed by atoms with Gasteiger partial charge >= 0.3 is 24.0 Å². The molecule has 0 bridgehead atoms. The number of piperazine rings is 1. The van der Waals surface area contributed by atoms with Crippen molar-refractivity contribution in [2.24, 2.45) is 11.8 Å². The van der Waals surface area contributed by atoms with Gasteiger partial charge in [-0.2, -0.15) is 0 Å². The number of nitro groups is 1. The van der Waals surface area contributed by atoms with Crippen molar-refractivity contribution in [2.75, 3.05) is 50.2 Å². The average Bonchev–Trinajstić information content (AvgIpc) is 3.11. The van der Waals surface area contributed by atoms with Gasteiger partial charge in [0.2, 0.25) is 17.8 Å². The average molecular weight is 1040 g/mol. The van der Waals surface area contributed by atoms with Crippen LogP contribution in [-0.4, -0.2) is 112 Å². The summed E-state index contributed by atoms with van der Waals surface area (Å²) in [7, 11) is 2.25. The monoisotopic (exact) mass is 1040 g/mol. The third kappa shape index (κ3) is 9.30. The fraction of sp³-hybridized carbons (Fsp3) is 0.263. The fourth-order valence-electron chi connectivity index (χ4n) is 11.1. The maximum Gasteiger partial charge on any atom is 0.421 e. The summed E-state index contributed by atoms with van der Waals surface area (Å²) < 4.78 is 22.2. The highest BCUT2D eigenvalue weighted by atomic mass is 16.6. The lowest BCUT2D eigenvalue weighted by molar-refractivity contribution is -0.384. The smallest absolute Gasteiger partial charge is 0.421 e. The summed E-state index contributed by atoms with van der Waals surface area (Å²) in [4.78, 5) is 115. The van der Waals surface area contributed by atoms with Crippen LogP contribution in [0, 0.1) is 33.8 Å². The van der Waals surface area contributed by atoms with Gasteiger partial charge in [0, 0.05) is 62.7 Å². The Hall–Kier alpha value is -9.48. The predicted octanol–water partition coefficient (Wildman–Crippen LogP) is 6.15. The quantitative estimate of drug-likeness (QED) is 0.0382. The van der Waals surface area contributed by atoms with Gasteiger partial charge in [-0.25, -0.2) is 19.7 Å². The van der Waals surface area contributed by atoms with Crippen LogP contribution in [0.3, 0.4) is 0 Å². The number of carbonyl (C=O) groups is 6. The summed E-state index contributed by atoms with van der Waals surface area (Å²) in [6.45, 7) is 0.353. The first-order valence-corrected chi connectivity index (χ1v) is 24.6. The molecule has 6 atom stereocenters. The van der Waals surface area contributed by atoms with Crippen LogP contribution in [0.5, 0.6) is 5.75 Å². The number of anilines is 2. The maximum absolute atomic E-state index is 16.7. The van der Waals surface area contributed by atoms with E-state index in [0.29, 0.717) is 28.2 Å². The third-order valence-corrected chi connectivity index (χ3v) is 14.6. The SMILES string of the molecule is COC(=O)C(CC#Cc1ccc2c(c1)C1(C(=O)N2C(=O)OCc2ccc([N+](=O)[O-])cc2)C(C(=O)N2CCN(c3ncccn3)CC2)C2C(=O)OC(c3ccccc3)C(c3ccccc3)N2C1c1ccc(O)cc1)C(=O)OC. The number of phenols is 1. The lowest BCUT2D eigenvalue weighted by atomic mass is 9.65. The number of fused-ring (bicyclic) bond motifs is 3. The van der Waals surface area contributed by atoms with Crippen LogP contribution in [0.4, 0.5) is 22.1 Å². The minimum Gasteiger partial charge on any atom is -0.508 e. The number of non-ortho nitro benzene ring substituents is 1. The normalized spacial score (nSPS) is 21.6. The lowest BCUT2D eigenvalue weighted by Crippen LogP contribution is -2.59. The molecule has 4 aliphatic rings. The number of nitrogens with zero attached hydrogens (tertiary/aromatic N) is 7. The van der Waals surface area contributed by atoms with Crippen LogP contribution in [-0.2, 0) is 54.9 Å². The Morgan fingerprint density at radius 1 is 0.792 bits per heavy atom. The Morgan fingerprint density at radius 2 is 1.43 bits per heavy atom. The molecule has 6 aromatic rings. The molecule has 4 aliphatic heterocycles. The fourth-order valence-corrected chi connectivity index (χ4v) is 11.1. The van der Waals surface area contributed by atoms with Gasteiger partial charge in [-0.1, -0.05) is 84.6 Å². The van der Waals surface area contributed by atoms with Gasteiger partial charge in [0.05, 0.1) is 42.8 Å². The third-order valence-electron chi connectivity index (χ3n) is 14.6.